The first-order chi connectivity index (χ1) is 6.61. The molecule has 1 atom stereocenters. The molecule has 2 heterocycles. The van der Waals surface area contributed by atoms with Crippen LogP contribution in [0.5, 0.6) is 0 Å². The third-order valence-corrected chi connectivity index (χ3v) is 2.66. The summed E-state index contributed by atoms with van der Waals surface area (Å²) in [5.41, 5.74) is -0.141. The van der Waals surface area contributed by atoms with Crippen molar-refractivity contribution in [2.45, 2.75) is 39.4 Å². The zero-order valence-corrected chi connectivity index (χ0v) is 8.77. The first-order valence-corrected chi connectivity index (χ1v) is 4.95. The predicted molar refractivity (Wildman–Crippen MR) is 55.6 cm³/mol. The number of aromatic nitrogens is 2. The molecule has 0 amide bonds. The minimum absolute atomic E-state index is 0.141. The third kappa shape index (κ3) is 1.22. The molecule has 14 heavy (non-hydrogen) atoms. The van der Waals surface area contributed by atoms with E-state index in [4.69, 9.17) is 0 Å². The summed E-state index contributed by atoms with van der Waals surface area (Å²) >= 11 is 0. The van der Waals surface area contributed by atoms with Crippen LogP contribution in [0.4, 0.5) is 5.82 Å². The number of nitrogens with zero attached hydrogens (tertiary/aromatic N) is 3. The molecule has 1 unspecified atom stereocenters. The summed E-state index contributed by atoms with van der Waals surface area (Å²) in [6.07, 6.45) is 1.58. The van der Waals surface area contributed by atoms with Crippen molar-refractivity contribution in [3.8, 4) is 0 Å². The van der Waals surface area contributed by atoms with Gasteiger partial charge in [0.2, 0.25) is 0 Å². The maximum absolute atomic E-state index is 11.4. The normalized spacial score (nSPS) is 20.3. The van der Waals surface area contributed by atoms with Crippen molar-refractivity contribution < 1.29 is 0 Å². The van der Waals surface area contributed by atoms with Crippen LogP contribution < -0.4 is 10.6 Å². The van der Waals surface area contributed by atoms with Crippen LogP contribution in [0.3, 0.4) is 0 Å². The molecule has 0 bridgehead atoms. The van der Waals surface area contributed by atoms with E-state index < -0.39 is 0 Å². The highest BCUT2D eigenvalue weighted by atomic mass is 16.1. The Bertz CT molecular complexity index is 397. The lowest BCUT2D eigenvalue weighted by Gasteiger charge is -2.27. The van der Waals surface area contributed by atoms with E-state index in [1.807, 2.05) is 6.07 Å². The Hall–Kier alpha value is -1.32. The predicted octanol–water partition coefficient (Wildman–Crippen LogP) is 0.860. The van der Waals surface area contributed by atoms with Crippen molar-refractivity contribution >= 4 is 5.82 Å². The van der Waals surface area contributed by atoms with Gasteiger partial charge in [-0.2, -0.15) is 0 Å². The Labute approximate surface area is 83.2 Å². The SMILES string of the molecule is CC(C)N1c2ccnc(=O)n2CC1C. The molecule has 0 aliphatic carbocycles. The Morgan fingerprint density at radius 2 is 2.29 bits per heavy atom. The van der Waals surface area contributed by atoms with Crippen molar-refractivity contribution in [1.82, 2.24) is 9.55 Å². The summed E-state index contributed by atoms with van der Waals surface area (Å²) < 4.78 is 1.74. The molecule has 0 fully saturated rings. The lowest BCUT2D eigenvalue weighted by Crippen LogP contribution is -2.35. The van der Waals surface area contributed by atoms with Gasteiger partial charge >= 0.3 is 5.69 Å². The van der Waals surface area contributed by atoms with E-state index in [1.165, 1.54) is 0 Å². The van der Waals surface area contributed by atoms with E-state index in [0.29, 0.717) is 12.1 Å². The van der Waals surface area contributed by atoms with Crippen LogP contribution in [0.15, 0.2) is 17.1 Å². The molecular formula is C10H15N3O. The lowest BCUT2D eigenvalue weighted by atomic mass is 10.2. The third-order valence-electron chi connectivity index (χ3n) is 2.66. The molecule has 4 nitrogen and oxygen atoms in total. The summed E-state index contributed by atoms with van der Waals surface area (Å²) in [7, 11) is 0. The molecule has 0 radical (unpaired) electrons. The maximum atomic E-state index is 11.4. The van der Waals surface area contributed by atoms with Crippen molar-refractivity contribution in [2.24, 2.45) is 0 Å². The summed E-state index contributed by atoms with van der Waals surface area (Å²) in [5.74, 6) is 0.993. The fourth-order valence-corrected chi connectivity index (χ4v) is 2.17. The number of anilines is 1. The van der Waals surface area contributed by atoms with Crippen LogP contribution in [0, 0.1) is 0 Å². The maximum Gasteiger partial charge on any atom is 0.349 e. The molecule has 1 aliphatic rings. The lowest BCUT2D eigenvalue weighted by molar-refractivity contribution is 0.574. The Morgan fingerprint density at radius 1 is 1.57 bits per heavy atom. The van der Waals surface area contributed by atoms with E-state index in [-0.39, 0.29) is 5.69 Å². The van der Waals surface area contributed by atoms with Gasteiger partial charge in [0.1, 0.15) is 5.82 Å². The van der Waals surface area contributed by atoms with Crippen molar-refractivity contribution in [3.63, 3.8) is 0 Å². The summed E-state index contributed by atoms with van der Waals surface area (Å²) in [4.78, 5) is 17.5. The monoisotopic (exact) mass is 193 g/mol. The van der Waals surface area contributed by atoms with Gasteiger partial charge in [0.15, 0.2) is 0 Å². The van der Waals surface area contributed by atoms with Gasteiger partial charge in [-0.3, -0.25) is 4.57 Å². The minimum Gasteiger partial charge on any atom is -0.351 e. The number of rotatable bonds is 1. The fraction of sp³-hybridized carbons (Fsp3) is 0.600. The molecule has 76 valence electrons. The summed E-state index contributed by atoms with van der Waals surface area (Å²) in [6.45, 7) is 7.15. The van der Waals surface area contributed by atoms with Gasteiger partial charge in [0, 0.05) is 24.8 Å². The van der Waals surface area contributed by atoms with Gasteiger partial charge in [0.25, 0.3) is 0 Å². The van der Waals surface area contributed by atoms with Crippen LogP contribution in [0.2, 0.25) is 0 Å². The average molecular weight is 193 g/mol. The minimum atomic E-state index is -0.141. The molecule has 0 spiro atoms. The van der Waals surface area contributed by atoms with Crippen LogP contribution in [-0.2, 0) is 6.54 Å². The highest BCUT2D eigenvalue weighted by Crippen LogP contribution is 2.25. The molecule has 4 heteroatoms. The van der Waals surface area contributed by atoms with E-state index >= 15 is 0 Å². The quantitative estimate of drug-likeness (QED) is 0.664. The molecule has 0 saturated heterocycles. The molecular weight excluding hydrogens is 178 g/mol. The van der Waals surface area contributed by atoms with Gasteiger partial charge < -0.3 is 4.90 Å². The summed E-state index contributed by atoms with van der Waals surface area (Å²) in [5, 5.41) is 0. The number of fused-ring (bicyclic) bond motifs is 1. The molecule has 1 aromatic rings. The fourth-order valence-electron chi connectivity index (χ4n) is 2.17. The second-order valence-corrected chi connectivity index (χ2v) is 4.05. The molecule has 0 aromatic carbocycles. The van der Waals surface area contributed by atoms with Gasteiger partial charge in [-0.05, 0) is 26.8 Å². The first kappa shape index (κ1) is 9.24. The zero-order chi connectivity index (χ0) is 10.3. The van der Waals surface area contributed by atoms with Crippen LogP contribution >= 0.6 is 0 Å². The van der Waals surface area contributed by atoms with Crippen molar-refractivity contribution in [2.75, 3.05) is 4.90 Å². The van der Waals surface area contributed by atoms with E-state index in [0.717, 1.165) is 12.4 Å². The zero-order valence-electron chi connectivity index (χ0n) is 8.77. The molecule has 0 N–H and O–H groups in total. The van der Waals surface area contributed by atoms with Gasteiger partial charge in [-0.1, -0.05) is 0 Å². The van der Waals surface area contributed by atoms with E-state index in [9.17, 15) is 4.79 Å². The van der Waals surface area contributed by atoms with Crippen LogP contribution in [0.1, 0.15) is 20.8 Å². The highest BCUT2D eigenvalue weighted by Gasteiger charge is 2.28. The van der Waals surface area contributed by atoms with Crippen molar-refractivity contribution in [3.05, 3.63) is 22.7 Å². The smallest absolute Gasteiger partial charge is 0.349 e. The molecule has 2 rings (SSSR count). The molecule has 1 aromatic heterocycles. The van der Waals surface area contributed by atoms with Crippen LogP contribution in [-0.4, -0.2) is 21.6 Å². The Balaban J connectivity index is 2.53. The second-order valence-electron chi connectivity index (χ2n) is 4.05. The van der Waals surface area contributed by atoms with Gasteiger partial charge in [-0.25, -0.2) is 9.78 Å². The standard InChI is InChI=1S/C10H15N3O/c1-7(2)13-8(3)6-12-9(13)4-5-11-10(12)14/h4-5,7-8H,6H2,1-3H3. The van der Waals surface area contributed by atoms with E-state index in [2.05, 4.69) is 30.7 Å². The van der Waals surface area contributed by atoms with E-state index in [1.54, 1.807) is 10.8 Å². The topological polar surface area (TPSA) is 38.1 Å². The number of hydrogen-bond acceptors (Lipinski definition) is 3. The van der Waals surface area contributed by atoms with Crippen LogP contribution in [0.25, 0.3) is 0 Å². The second kappa shape index (κ2) is 3.12. The molecule has 1 aliphatic heterocycles. The molecule has 0 saturated carbocycles. The van der Waals surface area contributed by atoms with Crippen molar-refractivity contribution in [1.29, 1.82) is 0 Å². The number of hydrogen-bond donors (Lipinski definition) is 0. The Morgan fingerprint density at radius 3 is 2.93 bits per heavy atom. The van der Waals surface area contributed by atoms with Gasteiger partial charge in [0.05, 0.1) is 0 Å². The Kier molecular flexibility index (Phi) is 2.06. The van der Waals surface area contributed by atoms with Gasteiger partial charge in [-0.15, -0.1) is 0 Å². The largest absolute Gasteiger partial charge is 0.351 e. The average Bonchev–Trinajstić information content (AvgIpc) is 2.42. The summed E-state index contributed by atoms with van der Waals surface area (Å²) in [6, 6.07) is 2.71. The first-order valence-electron chi connectivity index (χ1n) is 4.95. The highest BCUT2D eigenvalue weighted by molar-refractivity contribution is 5.44.